The van der Waals surface area contributed by atoms with Crippen LogP contribution < -0.4 is 9.47 Å². The molecule has 0 saturated carbocycles. The van der Waals surface area contributed by atoms with Gasteiger partial charge < -0.3 is 14.0 Å². The molecule has 35 heavy (non-hydrogen) atoms. The van der Waals surface area contributed by atoms with E-state index in [0.29, 0.717) is 28.6 Å². The van der Waals surface area contributed by atoms with Gasteiger partial charge in [-0.1, -0.05) is 41.9 Å². The molecule has 5 heteroatoms. The third-order valence-corrected chi connectivity index (χ3v) is 6.37. The largest absolute Gasteiger partial charge is 0.496 e. The Bertz CT molecular complexity index is 1490. The summed E-state index contributed by atoms with van der Waals surface area (Å²) in [6.07, 6.45) is 9.49. The van der Waals surface area contributed by atoms with Crippen LogP contribution in [0.3, 0.4) is 0 Å². The molecule has 0 radical (unpaired) electrons. The van der Waals surface area contributed by atoms with Crippen molar-refractivity contribution >= 4 is 40.4 Å². The van der Waals surface area contributed by atoms with Gasteiger partial charge in [0.1, 0.15) is 17.1 Å². The molecule has 0 fully saturated rings. The molecule has 0 amide bonds. The molecular formula is C30H26ClNO3. The van der Waals surface area contributed by atoms with Crippen molar-refractivity contribution in [3.05, 3.63) is 106 Å². The summed E-state index contributed by atoms with van der Waals surface area (Å²) >= 11 is 6.18. The summed E-state index contributed by atoms with van der Waals surface area (Å²) in [5.74, 6) is 1.10. The van der Waals surface area contributed by atoms with Crippen molar-refractivity contribution in [1.82, 2.24) is 4.57 Å². The molecule has 1 aliphatic rings. The van der Waals surface area contributed by atoms with Gasteiger partial charge in [0.15, 0.2) is 5.78 Å². The lowest BCUT2D eigenvalue weighted by molar-refractivity contribution is 0.103. The van der Waals surface area contributed by atoms with Crippen LogP contribution in [0.1, 0.15) is 40.9 Å². The molecule has 4 aromatic rings. The van der Waals surface area contributed by atoms with Gasteiger partial charge in [-0.05, 0) is 74.0 Å². The zero-order valence-corrected chi connectivity index (χ0v) is 20.7. The number of hydrogen-bond acceptors (Lipinski definition) is 3. The molecule has 0 bridgehead atoms. The van der Waals surface area contributed by atoms with Crippen molar-refractivity contribution in [2.24, 2.45) is 0 Å². The maximum atomic E-state index is 13.3. The molecule has 0 spiro atoms. The number of rotatable bonds is 6. The van der Waals surface area contributed by atoms with E-state index >= 15 is 0 Å². The standard InChI is InChI=1S/C30H26ClNO3/c1-30(2)16-15-25-28(34-3)14-12-24(29(25)35-30)27(33)13-11-21-19-32(26-10-5-4-9-23(21)26)18-20-7-6-8-22(31)17-20/h4-17,19H,18H2,1-3H3/b13-11+. The van der Waals surface area contributed by atoms with Crippen molar-refractivity contribution in [3.8, 4) is 11.5 Å². The second kappa shape index (κ2) is 9.12. The van der Waals surface area contributed by atoms with Gasteiger partial charge in [0, 0.05) is 34.2 Å². The number of fused-ring (bicyclic) bond motifs is 2. The number of carbonyl (C=O) groups is 1. The molecule has 176 valence electrons. The highest BCUT2D eigenvalue weighted by atomic mass is 35.5. The first kappa shape index (κ1) is 23.0. The minimum atomic E-state index is -0.508. The molecule has 4 nitrogen and oxygen atoms in total. The number of carbonyl (C=O) groups excluding carboxylic acids is 1. The molecule has 1 aliphatic heterocycles. The minimum absolute atomic E-state index is 0.123. The summed E-state index contributed by atoms with van der Waals surface area (Å²) < 4.78 is 13.8. The van der Waals surface area contributed by atoms with Crippen LogP contribution in [-0.2, 0) is 6.54 Å². The number of ether oxygens (including phenoxy) is 2. The third kappa shape index (κ3) is 4.62. The molecule has 0 N–H and O–H groups in total. The average Bonchev–Trinajstić information content (AvgIpc) is 3.18. The van der Waals surface area contributed by atoms with Gasteiger partial charge in [-0.3, -0.25) is 4.79 Å². The van der Waals surface area contributed by atoms with Crippen LogP contribution in [0.5, 0.6) is 11.5 Å². The van der Waals surface area contributed by atoms with Crippen molar-refractivity contribution in [1.29, 1.82) is 0 Å². The molecular weight excluding hydrogens is 458 g/mol. The molecule has 3 aromatic carbocycles. The number of nitrogens with zero attached hydrogens (tertiary/aromatic N) is 1. The van der Waals surface area contributed by atoms with Crippen LogP contribution in [0.15, 0.2) is 79.0 Å². The molecule has 0 atom stereocenters. The van der Waals surface area contributed by atoms with E-state index in [4.69, 9.17) is 21.1 Å². The van der Waals surface area contributed by atoms with E-state index in [-0.39, 0.29) is 5.78 Å². The van der Waals surface area contributed by atoms with Crippen molar-refractivity contribution in [3.63, 3.8) is 0 Å². The Morgan fingerprint density at radius 3 is 2.74 bits per heavy atom. The average molecular weight is 484 g/mol. The van der Waals surface area contributed by atoms with Gasteiger partial charge in [-0.25, -0.2) is 0 Å². The van der Waals surface area contributed by atoms with Gasteiger partial charge in [-0.2, -0.15) is 0 Å². The predicted octanol–water partition coefficient (Wildman–Crippen LogP) is 7.43. The Morgan fingerprint density at radius 1 is 1.11 bits per heavy atom. The van der Waals surface area contributed by atoms with E-state index in [1.807, 2.05) is 68.5 Å². The lowest BCUT2D eigenvalue weighted by atomic mass is 9.97. The second-order valence-corrected chi connectivity index (χ2v) is 9.59. The van der Waals surface area contributed by atoms with Gasteiger partial charge >= 0.3 is 0 Å². The molecule has 1 aromatic heterocycles. The summed E-state index contributed by atoms with van der Waals surface area (Å²) in [6.45, 7) is 4.61. The Hall–Kier alpha value is -3.76. The maximum Gasteiger partial charge on any atom is 0.189 e. The number of allylic oxidation sites excluding steroid dienone is 1. The summed E-state index contributed by atoms with van der Waals surface area (Å²) in [7, 11) is 1.61. The quantitative estimate of drug-likeness (QED) is 0.211. The zero-order chi connectivity index (χ0) is 24.6. The van der Waals surface area contributed by atoms with Crippen molar-refractivity contribution in [2.75, 3.05) is 7.11 Å². The molecule has 2 heterocycles. The second-order valence-electron chi connectivity index (χ2n) is 9.15. The maximum absolute atomic E-state index is 13.3. The molecule has 5 rings (SSSR count). The number of aromatic nitrogens is 1. The van der Waals surface area contributed by atoms with Crippen LogP contribution in [0, 0.1) is 0 Å². The van der Waals surface area contributed by atoms with E-state index < -0.39 is 5.60 Å². The first-order valence-electron chi connectivity index (χ1n) is 11.5. The molecule has 0 saturated heterocycles. The fourth-order valence-electron chi connectivity index (χ4n) is 4.43. The number of ketones is 1. The van der Waals surface area contributed by atoms with E-state index in [2.05, 4.69) is 29.0 Å². The van der Waals surface area contributed by atoms with Gasteiger partial charge in [0.25, 0.3) is 0 Å². The van der Waals surface area contributed by atoms with Crippen molar-refractivity contribution in [2.45, 2.75) is 26.0 Å². The number of para-hydroxylation sites is 1. The van der Waals surface area contributed by atoms with Crippen LogP contribution in [-0.4, -0.2) is 23.1 Å². The normalized spacial score (nSPS) is 14.2. The number of hydrogen-bond donors (Lipinski definition) is 0. The SMILES string of the molecule is COc1ccc(C(=O)/C=C/c2cn(Cc3cccc(Cl)c3)c3ccccc23)c2c1C=CC(C)(C)O2. The summed E-state index contributed by atoms with van der Waals surface area (Å²) in [5, 5.41) is 1.79. The van der Waals surface area contributed by atoms with Gasteiger partial charge in [-0.15, -0.1) is 0 Å². The Balaban J connectivity index is 1.49. The zero-order valence-electron chi connectivity index (χ0n) is 19.9. The predicted molar refractivity (Wildman–Crippen MR) is 143 cm³/mol. The third-order valence-electron chi connectivity index (χ3n) is 6.13. The Kier molecular flexibility index (Phi) is 6.00. The summed E-state index contributed by atoms with van der Waals surface area (Å²) in [4.78, 5) is 13.3. The molecule has 0 aliphatic carbocycles. The van der Waals surface area contributed by atoms with Crippen molar-refractivity contribution < 1.29 is 14.3 Å². The first-order chi connectivity index (χ1) is 16.8. The van der Waals surface area contributed by atoms with E-state index in [9.17, 15) is 4.79 Å². The van der Waals surface area contributed by atoms with Crippen LogP contribution in [0.4, 0.5) is 0 Å². The van der Waals surface area contributed by atoms with E-state index in [0.717, 1.165) is 27.6 Å². The topological polar surface area (TPSA) is 40.5 Å². The smallest absolute Gasteiger partial charge is 0.189 e. The fourth-order valence-corrected chi connectivity index (χ4v) is 4.64. The number of halogens is 1. The number of methoxy groups -OCH3 is 1. The fraction of sp³-hybridized carbons (Fsp3) is 0.167. The Labute approximate surface area is 210 Å². The minimum Gasteiger partial charge on any atom is -0.496 e. The summed E-state index contributed by atoms with van der Waals surface area (Å²) in [6, 6.07) is 19.6. The first-order valence-corrected chi connectivity index (χ1v) is 11.9. The van der Waals surface area contributed by atoms with E-state index in [1.165, 1.54) is 0 Å². The monoisotopic (exact) mass is 483 g/mol. The van der Waals surface area contributed by atoms with Crippen LogP contribution in [0.2, 0.25) is 5.02 Å². The van der Waals surface area contributed by atoms with Crippen LogP contribution in [0.25, 0.3) is 23.1 Å². The van der Waals surface area contributed by atoms with E-state index in [1.54, 1.807) is 19.3 Å². The van der Waals surface area contributed by atoms with Gasteiger partial charge in [0.2, 0.25) is 0 Å². The highest BCUT2D eigenvalue weighted by Gasteiger charge is 2.27. The highest BCUT2D eigenvalue weighted by molar-refractivity contribution is 6.30. The highest BCUT2D eigenvalue weighted by Crippen LogP contribution is 2.40. The van der Waals surface area contributed by atoms with Crippen LogP contribution >= 0.6 is 11.6 Å². The lowest BCUT2D eigenvalue weighted by Crippen LogP contribution is -2.28. The summed E-state index contributed by atoms with van der Waals surface area (Å²) in [5.41, 5.74) is 3.96. The number of benzene rings is 3. The molecule has 0 unspecified atom stereocenters. The lowest BCUT2D eigenvalue weighted by Gasteiger charge is -2.29. The Morgan fingerprint density at radius 2 is 1.94 bits per heavy atom. The van der Waals surface area contributed by atoms with Gasteiger partial charge in [0.05, 0.1) is 18.2 Å².